The Hall–Kier alpha value is -3.81. The Balaban J connectivity index is 0.000000367. The van der Waals surface area contributed by atoms with Crippen LogP contribution in [-0.2, 0) is 36.7 Å². The summed E-state index contributed by atoms with van der Waals surface area (Å²) in [6, 6.07) is 13.0. The second kappa shape index (κ2) is 13.4. The maximum atomic E-state index is 11.4. The van der Waals surface area contributed by atoms with Crippen LogP contribution in [0.4, 0.5) is 0 Å². The van der Waals surface area contributed by atoms with Gasteiger partial charge in [-0.3, -0.25) is 9.59 Å². The maximum Gasteiger partial charge on any atom is 0.333 e. The monoisotopic (exact) mass is 429 g/mol. The van der Waals surface area contributed by atoms with E-state index in [1.165, 1.54) is 12.1 Å². The molecule has 0 aliphatic rings. The molecule has 0 atom stereocenters. The summed E-state index contributed by atoms with van der Waals surface area (Å²) in [5.74, 6) is -0.834. The largest absolute Gasteiger partial charge is 0.508 e. The zero-order valence-electron chi connectivity index (χ0n) is 17.4. The second-order valence-electron chi connectivity index (χ2n) is 6.61. The molecule has 8 heteroatoms. The number of hydrogen-bond acceptors (Lipinski definition) is 7. The van der Waals surface area contributed by atoms with E-state index in [4.69, 9.17) is 25.4 Å². The van der Waals surface area contributed by atoms with Crippen molar-refractivity contribution in [1.29, 1.82) is 0 Å². The fourth-order valence-electron chi connectivity index (χ4n) is 2.21. The fourth-order valence-corrected chi connectivity index (χ4v) is 2.21. The average Bonchev–Trinajstić information content (AvgIpc) is 2.72. The summed E-state index contributed by atoms with van der Waals surface area (Å²) >= 11 is 0. The van der Waals surface area contributed by atoms with E-state index < -0.39 is 5.97 Å². The summed E-state index contributed by atoms with van der Waals surface area (Å²) in [7, 11) is 0. The first-order valence-corrected chi connectivity index (χ1v) is 9.49. The molecule has 0 radical (unpaired) electrons. The Labute approximate surface area is 180 Å². The summed E-state index contributed by atoms with van der Waals surface area (Å²) < 4.78 is 9.71. The van der Waals surface area contributed by atoms with Gasteiger partial charge in [0.15, 0.2) is 0 Å². The van der Waals surface area contributed by atoms with Gasteiger partial charge in [-0.25, -0.2) is 4.79 Å². The van der Waals surface area contributed by atoms with Gasteiger partial charge in [-0.15, -0.1) is 0 Å². The lowest BCUT2D eigenvalue weighted by molar-refractivity contribution is -0.150. The highest BCUT2D eigenvalue weighted by Gasteiger charge is 2.06. The van der Waals surface area contributed by atoms with Crippen molar-refractivity contribution in [2.45, 2.75) is 26.2 Å². The molecule has 0 saturated heterocycles. The molecule has 2 aromatic rings. The van der Waals surface area contributed by atoms with E-state index in [0.717, 1.165) is 11.1 Å². The summed E-state index contributed by atoms with van der Waals surface area (Å²) in [5.41, 5.74) is 7.02. The van der Waals surface area contributed by atoms with E-state index in [-0.39, 0.29) is 49.4 Å². The molecule has 31 heavy (non-hydrogen) atoms. The number of carbonyl (C=O) groups is 3. The predicted molar refractivity (Wildman–Crippen MR) is 114 cm³/mol. The molecule has 0 saturated carbocycles. The third kappa shape index (κ3) is 11.7. The van der Waals surface area contributed by atoms with Crippen molar-refractivity contribution < 1.29 is 34.1 Å². The molecule has 166 valence electrons. The van der Waals surface area contributed by atoms with Crippen molar-refractivity contribution in [3.63, 3.8) is 0 Å². The van der Waals surface area contributed by atoms with Crippen LogP contribution in [-0.4, -0.2) is 41.3 Å². The first kappa shape index (κ1) is 25.2. The Morgan fingerprint density at radius 1 is 0.871 bits per heavy atom. The summed E-state index contributed by atoms with van der Waals surface area (Å²) in [4.78, 5) is 32.9. The summed E-state index contributed by atoms with van der Waals surface area (Å²) in [5, 5.41) is 18.0. The van der Waals surface area contributed by atoms with Crippen molar-refractivity contribution in [1.82, 2.24) is 0 Å². The number of ether oxygens (including phenoxy) is 2. The first-order valence-electron chi connectivity index (χ1n) is 9.49. The van der Waals surface area contributed by atoms with Gasteiger partial charge in [0.2, 0.25) is 5.91 Å². The first-order chi connectivity index (χ1) is 14.7. The van der Waals surface area contributed by atoms with Crippen LogP contribution < -0.4 is 5.73 Å². The molecule has 0 spiro atoms. The van der Waals surface area contributed by atoms with E-state index in [1.54, 1.807) is 43.3 Å². The number of benzene rings is 2. The molecule has 0 aliphatic carbocycles. The standard InChI is InChI=1S/C15H18O5.C8H9NO2/c1-11(2)15(18)20-10-9-19-14(17)8-5-12-3-6-13(16)7-4-12;9-8(11)5-6-1-3-7(10)4-2-6/h3-4,6-7,16H,1,5,8-10H2,2H3;1-4,10H,5H2,(H2,9,11). The number of carbonyl (C=O) groups excluding carboxylic acids is 3. The molecular weight excluding hydrogens is 402 g/mol. The summed E-state index contributed by atoms with van der Waals surface area (Å²) in [6.07, 6.45) is 0.990. The van der Waals surface area contributed by atoms with Crippen molar-refractivity contribution >= 4 is 17.8 Å². The van der Waals surface area contributed by atoms with E-state index >= 15 is 0 Å². The average molecular weight is 429 g/mol. The number of hydrogen-bond donors (Lipinski definition) is 3. The van der Waals surface area contributed by atoms with Gasteiger partial charge in [0.25, 0.3) is 0 Å². The number of amides is 1. The Morgan fingerprint density at radius 3 is 1.84 bits per heavy atom. The van der Waals surface area contributed by atoms with Gasteiger partial charge in [-0.2, -0.15) is 0 Å². The lowest BCUT2D eigenvalue weighted by Crippen LogP contribution is -2.14. The van der Waals surface area contributed by atoms with Crippen LogP contribution >= 0.6 is 0 Å². The molecular formula is C23H27NO7. The quantitative estimate of drug-likeness (QED) is 0.316. The lowest BCUT2D eigenvalue weighted by atomic mass is 10.1. The normalized spacial score (nSPS) is 9.71. The van der Waals surface area contributed by atoms with Gasteiger partial charge < -0.3 is 25.4 Å². The Bertz CT molecular complexity index is 874. The van der Waals surface area contributed by atoms with Crippen molar-refractivity contribution in [2.24, 2.45) is 5.73 Å². The Morgan fingerprint density at radius 2 is 1.35 bits per heavy atom. The Kier molecular flexibility index (Phi) is 10.9. The van der Waals surface area contributed by atoms with Gasteiger partial charge in [-0.1, -0.05) is 30.8 Å². The lowest BCUT2D eigenvalue weighted by Gasteiger charge is -2.06. The van der Waals surface area contributed by atoms with Crippen LogP contribution in [0.3, 0.4) is 0 Å². The second-order valence-corrected chi connectivity index (χ2v) is 6.61. The molecule has 2 rings (SSSR count). The number of nitrogens with two attached hydrogens (primary N) is 1. The van der Waals surface area contributed by atoms with Crippen LogP contribution in [0.1, 0.15) is 24.5 Å². The number of aromatic hydroxyl groups is 2. The molecule has 0 aliphatic heterocycles. The molecule has 0 aromatic heterocycles. The smallest absolute Gasteiger partial charge is 0.333 e. The van der Waals surface area contributed by atoms with Gasteiger partial charge in [0.05, 0.1) is 6.42 Å². The minimum absolute atomic E-state index is 0.0244. The molecule has 4 N–H and O–H groups in total. The van der Waals surface area contributed by atoms with Crippen LogP contribution in [0.5, 0.6) is 11.5 Å². The number of aryl methyl sites for hydroxylation is 1. The van der Waals surface area contributed by atoms with Crippen LogP contribution in [0.15, 0.2) is 60.7 Å². The van der Waals surface area contributed by atoms with Gasteiger partial charge >= 0.3 is 11.9 Å². The van der Waals surface area contributed by atoms with Crippen LogP contribution in [0, 0.1) is 0 Å². The minimum atomic E-state index is -0.495. The molecule has 1 amide bonds. The van der Waals surface area contributed by atoms with Crippen LogP contribution in [0.25, 0.3) is 0 Å². The zero-order valence-corrected chi connectivity index (χ0v) is 17.4. The number of esters is 2. The van der Waals surface area contributed by atoms with E-state index in [1.807, 2.05) is 0 Å². The molecule has 0 fully saturated rings. The van der Waals surface area contributed by atoms with E-state index in [2.05, 4.69) is 6.58 Å². The third-order valence-corrected chi connectivity index (χ3v) is 3.80. The zero-order chi connectivity index (χ0) is 23.2. The maximum absolute atomic E-state index is 11.4. The van der Waals surface area contributed by atoms with Gasteiger partial charge in [0.1, 0.15) is 24.7 Å². The number of rotatable bonds is 9. The van der Waals surface area contributed by atoms with Crippen molar-refractivity contribution in [2.75, 3.05) is 13.2 Å². The van der Waals surface area contributed by atoms with Crippen molar-refractivity contribution in [3.8, 4) is 11.5 Å². The third-order valence-electron chi connectivity index (χ3n) is 3.80. The summed E-state index contributed by atoms with van der Waals surface area (Å²) in [6.45, 7) is 5.05. The minimum Gasteiger partial charge on any atom is -0.508 e. The SMILES string of the molecule is C=C(C)C(=O)OCCOC(=O)CCc1ccc(O)cc1.NC(=O)Cc1ccc(O)cc1. The predicted octanol–water partition coefficient (Wildman–Crippen LogP) is 2.41. The fraction of sp³-hybridized carbons (Fsp3) is 0.261. The highest BCUT2D eigenvalue weighted by molar-refractivity contribution is 5.86. The number of primary amides is 1. The van der Waals surface area contributed by atoms with Gasteiger partial charge in [-0.05, 0) is 48.7 Å². The van der Waals surface area contributed by atoms with Crippen LogP contribution in [0.2, 0.25) is 0 Å². The number of phenols is 2. The number of phenolic OH excluding ortho intramolecular Hbond substituents is 2. The molecule has 8 nitrogen and oxygen atoms in total. The molecule has 0 unspecified atom stereocenters. The molecule has 2 aromatic carbocycles. The molecule has 0 bridgehead atoms. The highest BCUT2D eigenvalue weighted by atomic mass is 16.6. The highest BCUT2D eigenvalue weighted by Crippen LogP contribution is 2.11. The van der Waals surface area contributed by atoms with E-state index in [9.17, 15) is 14.4 Å². The molecule has 0 heterocycles. The topological polar surface area (TPSA) is 136 Å². The van der Waals surface area contributed by atoms with E-state index in [0.29, 0.717) is 12.0 Å². The van der Waals surface area contributed by atoms with Gasteiger partial charge in [0, 0.05) is 12.0 Å². The van der Waals surface area contributed by atoms with Crippen molar-refractivity contribution in [3.05, 3.63) is 71.8 Å².